The zero-order valence-electron chi connectivity index (χ0n) is 16.2. The predicted molar refractivity (Wildman–Crippen MR) is 105 cm³/mol. The van der Waals surface area contributed by atoms with E-state index in [9.17, 15) is 26.4 Å². The summed E-state index contributed by atoms with van der Waals surface area (Å²) in [5.41, 5.74) is 1.94. The number of rotatable bonds is 7. The Kier molecular flexibility index (Phi) is 6.91. The van der Waals surface area contributed by atoms with Gasteiger partial charge in [-0.2, -0.15) is 17.5 Å². The van der Waals surface area contributed by atoms with Crippen molar-refractivity contribution >= 4 is 27.3 Å². The van der Waals surface area contributed by atoms with E-state index in [1.807, 2.05) is 6.92 Å². The van der Waals surface area contributed by atoms with Crippen LogP contribution in [0.4, 0.5) is 24.5 Å². The molecular weight excluding hydrogens is 407 g/mol. The summed E-state index contributed by atoms with van der Waals surface area (Å²) < 4.78 is 63.5. The highest BCUT2D eigenvalue weighted by Gasteiger charge is 2.27. The van der Waals surface area contributed by atoms with E-state index in [0.29, 0.717) is 0 Å². The summed E-state index contributed by atoms with van der Waals surface area (Å²) in [6, 6.07) is 10.5. The molecule has 0 unspecified atom stereocenters. The third kappa shape index (κ3) is 6.20. The van der Waals surface area contributed by atoms with Crippen LogP contribution >= 0.6 is 0 Å². The third-order valence-electron chi connectivity index (χ3n) is 4.23. The fraction of sp³-hybridized carbons (Fsp3) is 0.316. The number of hydrogen-bond acceptors (Lipinski definition) is 4. The van der Waals surface area contributed by atoms with Crippen molar-refractivity contribution in [2.75, 3.05) is 30.8 Å². The van der Waals surface area contributed by atoms with E-state index in [-0.39, 0.29) is 16.3 Å². The number of anilines is 2. The van der Waals surface area contributed by atoms with Crippen LogP contribution in [0, 0.1) is 13.8 Å². The van der Waals surface area contributed by atoms with Crippen molar-refractivity contribution in [3.8, 4) is 0 Å². The normalized spacial score (nSPS) is 12.1. The van der Waals surface area contributed by atoms with Gasteiger partial charge in [-0.1, -0.05) is 18.2 Å². The van der Waals surface area contributed by atoms with Gasteiger partial charge in [-0.05, 0) is 49.2 Å². The van der Waals surface area contributed by atoms with Crippen molar-refractivity contribution in [2.24, 2.45) is 0 Å². The molecule has 0 heterocycles. The highest BCUT2D eigenvalue weighted by Crippen LogP contribution is 2.24. The molecule has 2 aromatic rings. The number of nitrogens with zero attached hydrogens (tertiary/aromatic N) is 1. The Hall–Kier alpha value is -2.59. The molecule has 29 heavy (non-hydrogen) atoms. The Morgan fingerprint density at radius 2 is 1.66 bits per heavy atom. The highest BCUT2D eigenvalue weighted by atomic mass is 32.2. The van der Waals surface area contributed by atoms with Gasteiger partial charge in [-0.25, -0.2) is 8.42 Å². The van der Waals surface area contributed by atoms with E-state index >= 15 is 0 Å². The Morgan fingerprint density at radius 1 is 1.03 bits per heavy atom. The summed E-state index contributed by atoms with van der Waals surface area (Å²) in [6.45, 7) is 1.88. The molecule has 0 saturated carbocycles. The number of halogens is 3. The molecule has 2 N–H and O–H groups in total. The quantitative estimate of drug-likeness (QED) is 0.706. The lowest BCUT2D eigenvalue weighted by Crippen LogP contribution is -2.35. The van der Waals surface area contributed by atoms with Gasteiger partial charge in [0.1, 0.15) is 6.54 Å². The number of benzene rings is 2. The highest BCUT2D eigenvalue weighted by molar-refractivity contribution is 7.89. The maximum absolute atomic E-state index is 12.7. The van der Waals surface area contributed by atoms with Gasteiger partial charge in [-0.15, -0.1) is 0 Å². The molecule has 0 fully saturated rings. The van der Waals surface area contributed by atoms with Crippen LogP contribution in [0.5, 0.6) is 0 Å². The number of carbonyl (C=O) groups excluding carboxylic acids is 1. The predicted octanol–water partition coefficient (Wildman–Crippen LogP) is 3.54. The van der Waals surface area contributed by atoms with Crippen molar-refractivity contribution in [2.45, 2.75) is 24.9 Å². The molecule has 2 aromatic carbocycles. The van der Waals surface area contributed by atoms with Crippen molar-refractivity contribution in [1.29, 1.82) is 0 Å². The van der Waals surface area contributed by atoms with Gasteiger partial charge in [0.2, 0.25) is 15.9 Å². The van der Waals surface area contributed by atoms with E-state index < -0.39 is 35.2 Å². The first-order valence-electron chi connectivity index (χ1n) is 8.63. The molecule has 10 heteroatoms. The maximum Gasteiger partial charge on any atom is 0.405 e. The van der Waals surface area contributed by atoms with E-state index in [4.69, 9.17) is 0 Å². The second-order valence-corrected chi connectivity index (χ2v) is 8.61. The number of alkyl halides is 3. The SMILES string of the molecule is Cc1ccc(S(=O)(=O)N(C)CC(=O)Nc2ccccc2NCC(F)(F)F)cc1C. The van der Waals surface area contributed by atoms with Gasteiger partial charge < -0.3 is 10.6 Å². The minimum Gasteiger partial charge on any atom is -0.375 e. The van der Waals surface area contributed by atoms with Crippen LogP contribution in [0.25, 0.3) is 0 Å². The first kappa shape index (κ1) is 22.7. The lowest BCUT2D eigenvalue weighted by molar-refractivity contribution is -0.116. The zero-order valence-corrected chi connectivity index (χ0v) is 17.0. The molecule has 1 amide bonds. The Bertz CT molecular complexity index is 992. The summed E-state index contributed by atoms with van der Waals surface area (Å²) >= 11 is 0. The summed E-state index contributed by atoms with van der Waals surface area (Å²) in [7, 11) is -2.64. The molecule has 0 radical (unpaired) electrons. The van der Waals surface area contributed by atoms with Crippen LogP contribution in [0.3, 0.4) is 0 Å². The Labute approximate surface area is 167 Å². The largest absolute Gasteiger partial charge is 0.405 e. The summed E-state index contributed by atoms with van der Waals surface area (Å²) in [5, 5.41) is 4.65. The Morgan fingerprint density at radius 3 is 2.24 bits per heavy atom. The van der Waals surface area contributed by atoms with Crippen molar-refractivity contribution in [3.63, 3.8) is 0 Å². The fourth-order valence-corrected chi connectivity index (χ4v) is 3.69. The first-order chi connectivity index (χ1) is 13.4. The molecule has 0 aliphatic heterocycles. The molecule has 0 aliphatic rings. The van der Waals surface area contributed by atoms with Crippen LogP contribution in [-0.2, 0) is 14.8 Å². The smallest absolute Gasteiger partial charge is 0.375 e. The van der Waals surface area contributed by atoms with Crippen LogP contribution in [0.1, 0.15) is 11.1 Å². The summed E-state index contributed by atoms with van der Waals surface area (Å²) in [6.07, 6.45) is -4.42. The number of nitrogens with one attached hydrogen (secondary N) is 2. The van der Waals surface area contributed by atoms with Crippen LogP contribution in [0.2, 0.25) is 0 Å². The Balaban J connectivity index is 2.10. The number of sulfonamides is 1. The molecule has 6 nitrogen and oxygen atoms in total. The topological polar surface area (TPSA) is 78.5 Å². The first-order valence-corrected chi connectivity index (χ1v) is 10.1. The molecule has 0 aliphatic carbocycles. The van der Waals surface area contributed by atoms with Crippen molar-refractivity contribution in [3.05, 3.63) is 53.6 Å². The lowest BCUT2D eigenvalue weighted by atomic mass is 10.1. The maximum atomic E-state index is 12.7. The fourth-order valence-electron chi connectivity index (χ4n) is 2.47. The van der Waals surface area contributed by atoms with Gasteiger partial charge in [0.05, 0.1) is 22.8 Å². The number of likely N-dealkylation sites (N-methyl/N-ethyl adjacent to an activating group) is 1. The summed E-state index contributed by atoms with van der Waals surface area (Å²) in [4.78, 5) is 12.4. The van der Waals surface area contributed by atoms with E-state index in [1.165, 1.54) is 37.4 Å². The minimum absolute atomic E-state index is 0.0585. The second kappa shape index (κ2) is 8.83. The van der Waals surface area contributed by atoms with Gasteiger partial charge >= 0.3 is 6.18 Å². The monoisotopic (exact) mass is 429 g/mol. The number of carbonyl (C=O) groups is 1. The van der Waals surface area contributed by atoms with Crippen LogP contribution in [-0.4, -0.2) is 44.9 Å². The molecule has 158 valence electrons. The van der Waals surface area contributed by atoms with Crippen LogP contribution < -0.4 is 10.6 Å². The average Bonchev–Trinajstić information content (AvgIpc) is 2.62. The van der Waals surface area contributed by atoms with Gasteiger partial charge in [0, 0.05) is 7.05 Å². The average molecular weight is 429 g/mol. The standard InChI is InChI=1S/C19H22F3N3O3S/c1-13-8-9-15(10-14(13)2)29(27,28)25(3)11-18(26)24-17-7-5-4-6-16(17)23-12-19(20,21)22/h4-10,23H,11-12H2,1-3H3,(H,24,26). The van der Waals surface area contributed by atoms with E-state index in [0.717, 1.165) is 15.4 Å². The van der Waals surface area contributed by atoms with Gasteiger partial charge in [0.25, 0.3) is 0 Å². The molecule has 0 spiro atoms. The third-order valence-corrected chi connectivity index (χ3v) is 6.03. The summed E-state index contributed by atoms with van der Waals surface area (Å²) in [5.74, 6) is -0.679. The number of aryl methyl sites for hydroxylation is 2. The van der Waals surface area contributed by atoms with Gasteiger partial charge in [-0.3, -0.25) is 4.79 Å². The van der Waals surface area contributed by atoms with Crippen LogP contribution in [0.15, 0.2) is 47.4 Å². The molecular formula is C19H22F3N3O3S. The van der Waals surface area contributed by atoms with Crippen molar-refractivity contribution in [1.82, 2.24) is 4.31 Å². The number of hydrogen-bond donors (Lipinski definition) is 2. The number of para-hydroxylation sites is 2. The molecule has 0 saturated heterocycles. The minimum atomic E-state index is -4.42. The van der Waals surface area contributed by atoms with E-state index in [1.54, 1.807) is 19.1 Å². The molecule has 0 atom stereocenters. The second-order valence-electron chi connectivity index (χ2n) is 6.57. The lowest BCUT2D eigenvalue weighted by Gasteiger charge is -2.19. The number of amides is 1. The molecule has 0 bridgehead atoms. The zero-order chi connectivity index (χ0) is 21.8. The molecule has 2 rings (SSSR count). The van der Waals surface area contributed by atoms with E-state index in [2.05, 4.69) is 10.6 Å². The van der Waals surface area contributed by atoms with Gasteiger partial charge in [0.15, 0.2) is 0 Å². The van der Waals surface area contributed by atoms with Crippen molar-refractivity contribution < 1.29 is 26.4 Å². The molecule has 0 aromatic heterocycles.